The van der Waals surface area contributed by atoms with Gasteiger partial charge in [0.15, 0.2) is 6.29 Å². The zero-order valence-corrected chi connectivity index (χ0v) is 53.3. The van der Waals surface area contributed by atoms with E-state index < -0.39 is 49.5 Å². The molecule has 81 heavy (non-hydrogen) atoms. The third-order valence-corrected chi connectivity index (χ3v) is 16.9. The number of rotatable bonds is 62. The number of unbranched alkanes of at least 4 members (excludes halogenated alkanes) is 46. The van der Waals surface area contributed by atoms with Crippen LogP contribution in [0.4, 0.5) is 0 Å². The number of hydrogen-bond acceptors (Lipinski definition) is 8. The summed E-state index contributed by atoms with van der Waals surface area (Å²) in [6.07, 6.45) is 76.6. The molecule has 6 N–H and O–H groups in total. The van der Waals surface area contributed by atoms with E-state index in [0.29, 0.717) is 6.42 Å². The molecule has 9 nitrogen and oxygen atoms in total. The third-order valence-electron chi connectivity index (χ3n) is 16.9. The van der Waals surface area contributed by atoms with Crippen LogP contribution in [0.1, 0.15) is 348 Å². The first-order chi connectivity index (χ1) is 39.8. The Kier molecular flexibility index (Phi) is 58.3. The Morgan fingerprint density at radius 2 is 0.741 bits per heavy atom. The van der Waals surface area contributed by atoms with Gasteiger partial charge in [0, 0.05) is 6.42 Å². The monoisotopic (exact) mass is 1140 g/mol. The molecule has 7 unspecified atom stereocenters. The fourth-order valence-corrected chi connectivity index (χ4v) is 11.3. The molecule has 1 saturated heterocycles. The Labute approximate surface area is 501 Å². The quantitative estimate of drug-likeness (QED) is 0.0261. The second kappa shape index (κ2) is 61.2. The lowest BCUT2D eigenvalue weighted by atomic mass is 9.99. The average molecular weight is 1140 g/mol. The smallest absolute Gasteiger partial charge is 0.220 e. The number of hydrogen-bond donors (Lipinski definition) is 6. The fourth-order valence-electron chi connectivity index (χ4n) is 11.3. The predicted octanol–water partition coefficient (Wildman–Crippen LogP) is 19.2. The van der Waals surface area contributed by atoms with Crippen LogP contribution in [0.2, 0.25) is 0 Å². The molecule has 0 saturated carbocycles. The Hall–Kier alpha value is -1.85. The van der Waals surface area contributed by atoms with Gasteiger partial charge in [0.1, 0.15) is 24.4 Å². The molecule has 1 fully saturated rings. The lowest BCUT2D eigenvalue weighted by molar-refractivity contribution is -0.302. The summed E-state index contributed by atoms with van der Waals surface area (Å²) in [6, 6.07) is -0.822. The second-order valence-corrected chi connectivity index (χ2v) is 24.7. The normalized spacial score (nSPS) is 18.6. The summed E-state index contributed by atoms with van der Waals surface area (Å²) < 4.78 is 11.3. The van der Waals surface area contributed by atoms with E-state index in [4.69, 9.17) is 9.47 Å². The van der Waals surface area contributed by atoms with E-state index in [0.717, 1.165) is 44.9 Å². The maximum Gasteiger partial charge on any atom is 0.220 e. The van der Waals surface area contributed by atoms with Gasteiger partial charge in [0.2, 0.25) is 5.91 Å². The van der Waals surface area contributed by atoms with Crippen molar-refractivity contribution in [3.8, 4) is 0 Å². The Morgan fingerprint density at radius 3 is 1.11 bits per heavy atom. The number of carbonyl (C=O) groups excluding carboxylic acids is 1. The first-order valence-corrected chi connectivity index (χ1v) is 35.4. The molecule has 0 spiro atoms. The molecule has 0 aromatic rings. The molecule has 7 atom stereocenters. The van der Waals surface area contributed by atoms with Crippen molar-refractivity contribution < 1.29 is 39.8 Å². The van der Waals surface area contributed by atoms with E-state index in [1.54, 1.807) is 6.08 Å². The summed E-state index contributed by atoms with van der Waals surface area (Å²) in [7, 11) is 0. The van der Waals surface area contributed by atoms with Crippen LogP contribution in [0.5, 0.6) is 0 Å². The summed E-state index contributed by atoms with van der Waals surface area (Å²) in [5.74, 6) is -0.180. The number of aliphatic hydroxyl groups is 5. The van der Waals surface area contributed by atoms with Crippen molar-refractivity contribution in [1.82, 2.24) is 5.32 Å². The summed E-state index contributed by atoms with van der Waals surface area (Å²) in [5, 5.41) is 54.7. The van der Waals surface area contributed by atoms with E-state index >= 15 is 0 Å². The molecule has 476 valence electrons. The number of nitrogens with one attached hydrogen (secondary N) is 1. The van der Waals surface area contributed by atoms with E-state index in [2.05, 4.69) is 55.6 Å². The van der Waals surface area contributed by atoms with E-state index in [9.17, 15) is 30.3 Å². The number of aliphatic hydroxyl groups excluding tert-OH is 5. The molecule has 1 amide bonds. The average Bonchev–Trinajstić information content (AvgIpc) is 3.48. The van der Waals surface area contributed by atoms with Crippen molar-refractivity contribution in [3.63, 3.8) is 0 Å². The van der Waals surface area contributed by atoms with E-state index in [-0.39, 0.29) is 12.5 Å². The lowest BCUT2D eigenvalue weighted by Crippen LogP contribution is -2.60. The molecular formula is C72H135NO8. The number of carbonyl (C=O) groups is 1. The van der Waals surface area contributed by atoms with Crippen LogP contribution >= 0.6 is 0 Å². The summed E-state index contributed by atoms with van der Waals surface area (Å²) in [5.41, 5.74) is 0. The maximum absolute atomic E-state index is 13.1. The van der Waals surface area contributed by atoms with Gasteiger partial charge in [-0.1, -0.05) is 326 Å². The molecular weight excluding hydrogens is 1010 g/mol. The minimum atomic E-state index is -1.57. The van der Waals surface area contributed by atoms with Gasteiger partial charge < -0.3 is 40.3 Å². The minimum absolute atomic E-state index is 0.180. The van der Waals surface area contributed by atoms with Crippen molar-refractivity contribution in [3.05, 3.63) is 48.6 Å². The van der Waals surface area contributed by atoms with Crippen LogP contribution in [0.25, 0.3) is 0 Å². The molecule has 0 aromatic heterocycles. The molecule has 9 heteroatoms. The van der Waals surface area contributed by atoms with Gasteiger partial charge in [-0.05, 0) is 64.2 Å². The van der Waals surface area contributed by atoms with Crippen molar-refractivity contribution in [2.24, 2.45) is 0 Å². The van der Waals surface area contributed by atoms with Crippen LogP contribution in [-0.2, 0) is 14.3 Å². The number of amides is 1. The lowest BCUT2D eigenvalue weighted by Gasteiger charge is -2.40. The van der Waals surface area contributed by atoms with Gasteiger partial charge in [-0.3, -0.25) is 4.79 Å². The van der Waals surface area contributed by atoms with Gasteiger partial charge >= 0.3 is 0 Å². The highest BCUT2D eigenvalue weighted by molar-refractivity contribution is 5.76. The van der Waals surface area contributed by atoms with Crippen LogP contribution in [-0.4, -0.2) is 87.5 Å². The van der Waals surface area contributed by atoms with Crippen LogP contribution in [0.15, 0.2) is 48.6 Å². The Morgan fingerprint density at radius 1 is 0.420 bits per heavy atom. The minimum Gasteiger partial charge on any atom is -0.394 e. The molecule has 0 aromatic carbocycles. The van der Waals surface area contributed by atoms with Crippen molar-refractivity contribution >= 4 is 5.91 Å². The molecule has 1 heterocycles. The van der Waals surface area contributed by atoms with Gasteiger partial charge in [0.05, 0.1) is 25.4 Å². The van der Waals surface area contributed by atoms with Crippen LogP contribution < -0.4 is 5.32 Å². The number of ether oxygens (including phenoxy) is 2. The molecule has 0 radical (unpaired) electrons. The highest BCUT2D eigenvalue weighted by Gasteiger charge is 2.44. The largest absolute Gasteiger partial charge is 0.394 e. The highest BCUT2D eigenvalue weighted by Crippen LogP contribution is 2.23. The van der Waals surface area contributed by atoms with E-state index in [1.165, 1.54) is 283 Å². The Bertz CT molecular complexity index is 1420. The van der Waals surface area contributed by atoms with Crippen LogP contribution in [0.3, 0.4) is 0 Å². The molecule has 0 bridgehead atoms. The predicted molar refractivity (Wildman–Crippen MR) is 346 cm³/mol. The summed E-state index contributed by atoms with van der Waals surface area (Å²) in [6.45, 7) is 3.80. The van der Waals surface area contributed by atoms with Crippen molar-refractivity contribution in [2.45, 2.75) is 391 Å². The summed E-state index contributed by atoms with van der Waals surface area (Å²) >= 11 is 0. The first kappa shape index (κ1) is 77.2. The van der Waals surface area contributed by atoms with Gasteiger partial charge in [-0.25, -0.2) is 0 Å². The van der Waals surface area contributed by atoms with Gasteiger partial charge in [-0.15, -0.1) is 0 Å². The van der Waals surface area contributed by atoms with E-state index in [1.807, 2.05) is 6.08 Å². The molecule has 1 aliphatic heterocycles. The fraction of sp³-hybridized carbons (Fsp3) is 0.875. The van der Waals surface area contributed by atoms with Gasteiger partial charge in [0.25, 0.3) is 0 Å². The zero-order valence-electron chi connectivity index (χ0n) is 53.3. The van der Waals surface area contributed by atoms with Crippen molar-refractivity contribution in [2.75, 3.05) is 13.2 Å². The molecule has 1 aliphatic rings. The maximum atomic E-state index is 13.1. The van der Waals surface area contributed by atoms with Crippen LogP contribution in [0, 0.1) is 0 Å². The van der Waals surface area contributed by atoms with Gasteiger partial charge in [-0.2, -0.15) is 0 Å². The second-order valence-electron chi connectivity index (χ2n) is 24.7. The first-order valence-electron chi connectivity index (χ1n) is 35.4. The molecule has 0 aliphatic carbocycles. The molecule has 1 rings (SSSR count). The number of allylic oxidation sites excluding steroid dienone is 7. The SMILES string of the molecule is CCCCCCC/C=C\C/C=C\CCCCCCCCCCCCCCCCCCCCCCCCCC(=O)NC(COC1OC(CO)C(O)C(O)C1O)C(O)/C=C/CC/C=C/CCCCCCCCCCCCCCCCCCC. The zero-order chi connectivity index (χ0) is 58.6. The summed E-state index contributed by atoms with van der Waals surface area (Å²) in [4.78, 5) is 13.1. The highest BCUT2D eigenvalue weighted by atomic mass is 16.7. The third kappa shape index (κ3) is 50.1. The van der Waals surface area contributed by atoms with Crippen molar-refractivity contribution in [1.29, 1.82) is 0 Å². The standard InChI is InChI=1S/C72H135NO8/c1-3-5-7-9-11-13-15-17-19-21-23-25-27-28-29-30-31-32-33-34-35-36-37-38-40-42-44-46-48-50-52-54-56-58-60-62-68(76)73-65(64-80-72-71(79)70(78)69(77)67(63-74)81-72)66(75)61-59-57-55-53-51-49-47-45-43-41-39-26-24-22-20-18-16-14-12-10-8-6-4-2/h15,17,21,23,51,53,59,61,65-67,69-72,74-75,77-79H,3-14,16,18-20,22,24-50,52,54-58,60,62-64H2,1-2H3,(H,73,76)/b17-15-,23-21-,53-51+,61-59+. The Balaban J connectivity index is 2.11. The topological polar surface area (TPSA) is 149 Å².